The fourth-order valence-corrected chi connectivity index (χ4v) is 5.09. The van der Waals surface area contributed by atoms with Gasteiger partial charge >= 0.3 is 0 Å². The summed E-state index contributed by atoms with van der Waals surface area (Å²) in [5, 5.41) is 8.26. The summed E-state index contributed by atoms with van der Waals surface area (Å²) in [7, 11) is -3.88. The van der Waals surface area contributed by atoms with Gasteiger partial charge in [-0.2, -0.15) is 0 Å². The van der Waals surface area contributed by atoms with E-state index >= 15 is 0 Å². The summed E-state index contributed by atoms with van der Waals surface area (Å²) >= 11 is 24.4. The second-order valence-electron chi connectivity index (χ2n) is 8.08. The second kappa shape index (κ2) is 11.3. The molecule has 0 aliphatic rings. The number of rotatable bonds is 9. The Bertz CT molecular complexity index is 1560. The number of nitrogens with one attached hydrogen (secondary N) is 2. The van der Waals surface area contributed by atoms with Crippen molar-refractivity contribution in [2.75, 3.05) is 10.0 Å². The highest BCUT2D eigenvalue weighted by Gasteiger charge is 2.21. The van der Waals surface area contributed by atoms with Gasteiger partial charge in [0.1, 0.15) is 5.76 Å². The van der Waals surface area contributed by atoms with Gasteiger partial charge in [0.15, 0.2) is 11.6 Å². The van der Waals surface area contributed by atoms with Crippen molar-refractivity contribution in [3.63, 3.8) is 0 Å². The molecule has 7 nitrogen and oxygen atoms in total. The molecule has 37 heavy (non-hydrogen) atoms. The van der Waals surface area contributed by atoms with Crippen molar-refractivity contribution in [2.24, 2.45) is 0 Å². The van der Waals surface area contributed by atoms with E-state index in [4.69, 9.17) is 50.9 Å². The van der Waals surface area contributed by atoms with Gasteiger partial charge in [-0.3, -0.25) is 9.52 Å². The molecule has 0 saturated carbocycles. The van der Waals surface area contributed by atoms with Gasteiger partial charge in [-0.15, -0.1) is 0 Å². The molecule has 3 aromatic carbocycles. The van der Waals surface area contributed by atoms with E-state index in [1.807, 2.05) is 0 Å². The molecule has 0 radical (unpaired) electrons. The van der Waals surface area contributed by atoms with Crippen LogP contribution < -0.4 is 10.0 Å². The van der Waals surface area contributed by atoms with Crippen LogP contribution in [0.2, 0.25) is 20.1 Å². The Kier molecular flexibility index (Phi) is 8.36. The summed E-state index contributed by atoms with van der Waals surface area (Å²) in [4.78, 5) is 13.1. The Morgan fingerprint density at radius 3 is 2.14 bits per heavy atom. The zero-order chi connectivity index (χ0) is 26.7. The fourth-order valence-electron chi connectivity index (χ4n) is 3.50. The molecule has 0 aliphatic heterocycles. The molecule has 0 aliphatic carbocycles. The number of benzene rings is 3. The van der Waals surface area contributed by atoms with Crippen molar-refractivity contribution in [2.45, 2.75) is 24.3 Å². The lowest BCUT2D eigenvalue weighted by molar-refractivity contribution is 0.0976. The highest BCUT2D eigenvalue weighted by molar-refractivity contribution is 7.92. The summed E-state index contributed by atoms with van der Waals surface area (Å²) < 4.78 is 32.6. The summed E-state index contributed by atoms with van der Waals surface area (Å²) in [5.74, 6) is 0.370. The second-order valence-corrected chi connectivity index (χ2v) is 11.4. The first-order valence-corrected chi connectivity index (χ1v) is 13.8. The number of carbonyl (C=O) groups is 1. The number of halogens is 4. The lowest BCUT2D eigenvalue weighted by Crippen LogP contribution is -2.16. The third kappa shape index (κ3) is 6.77. The lowest BCUT2D eigenvalue weighted by Gasteiger charge is -2.21. The van der Waals surface area contributed by atoms with Gasteiger partial charge in [0.25, 0.3) is 10.0 Å². The van der Waals surface area contributed by atoms with Gasteiger partial charge in [-0.1, -0.05) is 57.6 Å². The Balaban J connectivity index is 1.57. The Labute approximate surface area is 233 Å². The normalized spacial score (nSPS) is 12.2. The molecule has 192 valence electrons. The molecule has 4 aromatic rings. The maximum absolute atomic E-state index is 13.1. The summed E-state index contributed by atoms with van der Waals surface area (Å²) in [5.41, 5.74) is 1.69. The third-order valence-corrected chi connectivity index (χ3v) is 8.20. The molecule has 1 atom stereocenters. The Morgan fingerprint density at radius 2 is 1.54 bits per heavy atom. The smallest absolute Gasteiger partial charge is 0.263 e. The summed E-state index contributed by atoms with van der Waals surface area (Å²) in [6.45, 7) is 1.65. The first kappa shape index (κ1) is 27.3. The maximum Gasteiger partial charge on any atom is 0.263 e. The van der Waals surface area contributed by atoms with Gasteiger partial charge in [0.05, 0.1) is 31.0 Å². The first-order valence-electron chi connectivity index (χ1n) is 10.8. The van der Waals surface area contributed by atoms with Crippen molar-refractivity contribution >= 4 is 73.7 Å². The van der Waals surface area contributed by atoms with Crippen LogP contribution in [-0.4, -0.2) is 19.4 Å². The number of hydrogen-bond donors (Lipinski definition) is 2. The van der Waals surface area contributed by atoms with Crippen LogP contribution in [0.25, 0.3) is 0 Å². The van der Waals surface area contributed by atoms with Crippen molar-refractivity contribution in [3.8, 4) is 0 Å². The van der Waals surface area contributed by atoms with Crippen molar-refractivity contribution in [1.29, 1.82) is 0 Å². The van der Waals surface area contributed by atoms with Gasteiger partial charge in [0, 0.05) is 23.7 Å². The van der Waals surface area contributed by atoms with Crippen molar-refractivity contribution < 1.29 is 17.7 Å². The molecule has 0 spiro atoms. The van der Waals surface area contributed by atoms with Crippen LogP contribution in [0.15, 0.2) is 76.1 Å². The number of hydrogen-bond acceptors (Lipinski definition) is 6. The van der Waals surface area contributed by atoms with Crippen LogP contribution in [0.4, 0.5) is 11.5 Å². The highest BCUT2D eigenvalue weighted by atomic mass is 35.5. The van der Waals surface area contributed by atoms with Crippen LogP contribution in [0.3, 0.4) is 0 Å². The van der Waals surface area contributed by atoms with E-state index in [1.54, 1.807) is 49.4 Å². The predicted octanol–water partition coefficient (Wildman–Crippen LogP) is 7.82. The predicted molar refractivity (Wildman–Crippen MR) is 147 cm³/mol. The quantitative estimate of drug-likeness (QED) is 0.190. The zero-order valence-electron chi connectivity index (χ0n) is 19.1. The van der Waals surface area contributed by atoms with Crippen molar-refractivity contribution in [3.05, 3.63) is 104 Å². The minimum atomic E-state index is -3.88. The minimum Gasteiger partial charge on any atom is -0.378 e. The zero-order valence-corrected chi connectivity index (χ0v) is 23.0. The van der Waals surface area contributed by atoms with E-state index < -0.39 is 16.1 Å². The standard InChI is InChI=1S/C25H19Cl4N3O4S/c1-14-10-25(31-36-14)32-37(34,35)18-6-4-17(5-7-18)30-23(15-2-8-19(26)21(28)11-15)13-24(33)16-3-9-20(27)22(29)12-16/h2-12,23,30H,13H2,1H3,(H,31,32). The average Bonchev–Trinajstić information content (AvgIpc) is 3.26. The molecule has 2 N–H and O–H groups in total. The molecule has 1 unspecified atom stereocenters. The van der Waals surface area contributed by atoms with E-state index in [0.29, 0.717) is 37.6 Å². The van der Waals surface area contributed by atoms with Crippen LogP contribution >= 0.6 is 46.4 Å². The van der Waals surface area contributed by atoms with Crippen LogP contribution in [0.5, 0.6) is 0 Å². The molecule has 0 fully saturated rings. The number of ketones is 1. The Morgan fingerprint density at radius 1 is 0.892 bits per heavy atom. The molecule has 0 bridgehead atoms. The maximum atomic E-state index is 13.1. The van der Waals surface area contributed by atoms with E-state index in [-0.39, 0.29) is 27.9 Å². The molecule has 1 aromatic heterocycles. The summed E-state index contributed by atoms with van der Waals surface area (Å²) in [6.07, 6.45) is 0.0447. The number of sulfonamides is 1. The van der Waals surface area contributed by atoms with Crippen LogP contribution in [-0.2, 0) is 10.0 Å². The molecule has 0 saturated heterocycles. The van der Waals surface area contributed by atoms with E-state index in [9.17, 15) is 13.2 Å². The van der Waals surface area contributed by atoms with Crippen molar-refractivity contribution in [1.82, 2.24) is 5.16 Å². The first-order chi connectivity index (χ1) is 17.5. The molecule has 1 heterocycles. The number of nitrogens with zero attached hydrogens (tertiary/aromatic N) is 1. The monoisotopic (exact) mass is 597 g/mol. The molecule has 12 heteroatoms. The largest absolute Gasteiger partial charge is 0.378 e. The Hall–Kier alpha value is -2.75. The molecular formula is C25H19Cl4N3O4S. The number of aromatic nitrogens is 1. The average molecular weight is 599 g/mol. The van der Waals surface area contributed by atoms with Gasteiger partial charge in [-0.25, -0.2) is 8.42 Å². The topological polar surface area (TPSA) is 101 Å². The van der Waals surface area contributed by atoms with Crippen LogP contribution in [0.1, 0.15) is 34.1 Å². The number of carbonyl (C=O) groups excluding carboxylic acids is 1. The van der Waals surface area contributed by atoms with Gasteiger partial charge in [0.2, 0.25) is 0 Å². The van der Waals surface area contributed by atoms with E-state index in [0.717, 1.165) is 0 Å². The highest BCUT2D eigenvalue weighted by Crippen LogP contribution is 2.31. The van der Waals surface area contributed by atoms with Gasteiger partial charge < -0.3 is 9.84 Å². The van der Waals surface area contributed by atoms with Gasteiger partial charge in [-0.05, 0) is 67.1 Å². The number of Topliss-reactive ketones (excluding diaryl/α,β-unsaturated/α-hetero) is 1. The minimum absolute atomic E-state index is 0.0247. The SMILES string of the molecule is Cc1cc(NS(=O)(=O)c2ccc(NC(CC(=O)c3ccc(Cl)c(Cl)c3)c3ccc(Cl)c(Cl)c3)cc2)no1. The molecule has 0 amide bonds. The van der Waals surface area contributed by atoms with E-state index in [2.05, 4.69) is 15.2 Å². The number of anilines is 2. The lowest BCUT2D eigenvalue weighted by atomic mass is 9.97. The molecule has 4 rings (SSSR count). The van der Waals surface area contributed by atoms with E-state index in [1.165, 1.54) is 24.3 Å². The number of aryl methyl sites for hydroxylation is 1. The van der Waals surface area contributed by atoms with Crippen LogP contribution in [0, 0.1) is 6.92 Å². The fraction of sp³-hybridized carbons (Fsp3) is 0.120. The third-order valence-electron chi connectivity index (χ3n) is 5.35. The summed E-state index contributed by atoms with van der Waals surface area (Å²) in [6, 6.07) is 16.8. The molecular weight excluding hydrogens is 580 g/mol.